The maximum Gasteiger partial charge on any atom is 0.0669 e. The molecule has 0 amide bonds. The molecule has 0 saturated carbocycles. The predicted molar refractivity (Wildman–Crippen MR) is 69.9 cm³/mol. The fraction of sp³-hybridized carbons (Fsp3) is 0.500. The minimum atomic E-state index is 0.494. The van der Waals surface area contributed by atoms with E-state index in [1.165, 1.54) is 24.9 Å². The standard InChI is InChI=1S/C14H19N3/c15-9-7-12-3-5-14(6-4-12)17-13-2-1-10-16-11-8-13/h3-6,13,16-17H,1-2,7-8,10-11H2. The summed E-state index contributed by atoms with van der Waals surface area (Å²) in [5.41, 5.74) is 2.25. The van der Waals surface area contributed by atoms with Crippen LogP contribution in [0.4, 0.5) is 5.69 Å². The average Bonchev–Trinajstić information content (AvgIpc) is 2.61. The maximum absolute atomic E-state index is 8.61. The van der Waals surface area contributed by atoms with Crippen LogP contribution in [0.2, 0.25) is 0 Å². The molecule has 1 unspecified atom stereocenters. The van der Waals surface area contributed by atoms with E-state index in [4.69, 9.17) is 5.26 Å². The number of nitriles is 1. The molecular formula is C14H19N3. The van der Waals surface area contributed by atoms with Gasteiger partial charge in [0.05, 0.1) is 12.5 Å². The number of nitrogens with zero attached hydrogens (tertiary/aromatic N) is 1. The van der Waals surface area contributed by atoms with Crippen molar-refractivity contribution in [1.29, 1.82) is 5.26 Å². The smallest absolute Gasteiger partial charge is 0.0669 e. The Morgan fingerprint density at radius 3 is 2.82 bits per heavy atom. The van der Waals surface area contributed by atoms with Gasteiger partial charge in [0, 0.05) is 11.7 Å². The predicted octanol–water partition coefficient (Wildman–Crippen LogP) is 2.31. The van der Waals surface area contributed by atoms with Crippen molar-refractivity contribution in [2.24, 2.45) is 0 Å². The molecule has 0 radical (unpaired) electrons. The van der Waals surface area contributed by atoms with E-state index in [-0.39, 0.29) is 0 Å². The summed E-state index contributed by atoms with van der Waals surface area (Å²) in [6, 6.07) is 10.9. The fourth-order valence-electron chi connectivity index (χ4n) is 2.21. The van der Waals surface area contributed by atoms with Crippen molar-refractivity contribution in [3.05, 3.63) is 29.8 Å². The quantitative estimate of drug-likeness (QED) is 0.836. The molecule has 0 aliphatic carbocycles. The van der Waals surface area contributed by atoms with E-state index in [0.717, 1.165) is 18.7 Å². The van der Waals surface area contributed by atoms with Crippen molar-refractivity contribution in [3.8, 4) is 6.07 Å². The zero-order valence-corrected chi connectivity index (χ0v) is 10.1. The van der Waals surface area contributed by atoms with Crippen molar-refractivity contribution < 1.29 is 0 Å². The van der Waals surface area contributed by atoms with E-state index < -0.39 is 0 Å². The summed E-state index contributed by atoms with van der Waals surface area (Å²) in [6.07, 6.45) is 4.14. The average molecular weight is 229 g/mol. The van der Waals surface area contributed by atoms with Crippen LogP contribution in [0.3, 0.4) is 0 Å². The van der Waals surface area contributed by atoms with Crippen molar-refractivity contribution in [3.63, 3.8) is 0 Å². The lowest BCUT2D eigenvalue weighted by molar-refractivity contribution is 0.637. The SMILES string of the molecule is N#CCc1ccc(NC2CCCNCC2)cc1. The van der Waals surface area contributed by atoms with Gasteiger partial charge in [-0.05, 0) is 50.0 Å². The topological polar surface area (TPSA) is 47.9 Å². The largest absolute Gasteiger partial charge is 0.382 e. The molecule has 3 nitrogen and oxygen atoms in total. The molecule has 2 N–H and O–H groups in total. The van der Waals surface area contributed by atoms with Gasteiger partial charge in [0.15, 0.2) is 0 Å². The van der Waals surface area contributed by atoms with Crippen molar-refractivity contribution >= 4 is 5.69 Å². The Morgan fingerprint density at radius 2 is 2.06 bits per heavy atom. The van der Waals surface area contributed by atoms with Gasteiger partial charge in [-0.1, -0.05) is 12.1 Å². The third-order valence-corrected chi connectivity index (χ3v) is 3.18. The first-order valence-corrected chi connectivity index (χ1v) is 6.31. The second-order valence-electron chi connectivity index (χ2n) is 4.55. The van der Waals surface area contributed by atoms with Crippen LogP contribution in [-0.2, 0) is 6.42 Å². The molecule has 1 aromatic rings. The van der Waals surface area contributed by atoms with E-state index in [1.807, 2.05) is 12.1 Å². The molecule has 2 rings (SSSR count). The van der Waals surface area contributed by atoms with Crippen molar-refractivity contribution in [2.75, 3.05) is 18.4 Å². The van der Waals surface area contributed by atoms with Crippen LogP contribution in [-0.4, -0.2) is 19.1 Å². The minimum absolute atomic E-state index is 0.494. The van der Waals surface area contributed by atoms with Gasteiger partial charge in [-0.25, -0.2) is 0 Å². The Balaban J connectivity index is 1.91. The highest BCUT2D eigenvalue weighted by Crippen LogP contribution is 2.15. The van der Waals surface area contributed by atoms with Crippen LogP contribution in [0.1, 0.15) is 24.8 Å². The summed E-state index contributed by atoms with van der Waals surface area (Å²) in [4.78, 5) is 0. The summed E-state index contributed by atoms with van der Waals surface area (Å²) >= 11 is 0. The van der Waals surface area contributed by atoms with E-state index in [9.17, 15) is 0 Å². The lowest BCUT2D eigenvalue weighted by Crippen LogP contribution is -2.21. The molecule has 0 aromatic heterocycles. The Morgan fingerprint density at radius 1 is 1.24 bits per heavy atom. The number of rotatable bonds is 3. The van der Waals surface area contributed by atoms with Crippen LogP contribution < -0.4 is 10.6 Å². The zero-order valence-electron chi connectivity index (χ0n) is 10.1. The number of anilines is 1. The van der Waals surface area contributed by atoms with Gasteiger partial charge in [0.2, 0.25) is 0 Å². The molecule has 0 bridgehead atoms. The number of hydrogen-bond donors (Lipinski definition) is 2. The zero-order chi connectivity index (χ0) is 11.9. The molecule has 1 aromatic carbocycles. The van der Waals surface area contributed by atoms with Crippen molar-refractivity contribution in [1.82, 2.24) is 5.32 Å². The van der Waals surface area contributed by atoms with E-state index >= 15 is 0 Å². The Kier molecular flexibility index (Phi) is 4.40. The fourth-order valence-corrected chi connectivity index (χ4v) is 2.21. The summed E-state index contributed by atoms with van der Waals surface area (Å²) in [5.74, 6) is 0. The Hall–Kier alpha value is -1.53. The van der Waals surface area contributed by atoms with E-state index in [1.54, 1.807) is 0 Å². The molecule has 1 fully saturated rings. The molecule has 1 heterocycles. The summed E-state index contributed by atoms with van der Waals surface area (Å²) < 4.78 is 0. The first-order valence-electron chi connectivity index (χ1n) is 6.31. The van der Waals surface area contributed by atoms with Gasteiger partial charge >= 0.3 is 0 Å². The minimum Gasteiger partial charge on any atom is -0.382 e. The van der Waals surface area contributed by atoms with Gasteiger partial charge in [-0.2, -0.15) is 5.26 Å². The lowest BCUT2D eigenvalue weighted by Gasteiger charge is -2.17. The number of hydrogen-bond acceptors (Lipinski definition) is 3. The molecule has 3 heteroatoms. The summed E-state index contributed by atoms with van der Waals surface area (Å²) in [5, 5.41) is 15.6. The van der Waals surface area contributed by atoms with Crippen LogP contribution in [0.15, 0.2) is 24.3 Å². The lowest BCUT2D eigenvalue weighted by atomic mass is 10.1. The highest BCUT2D eigenvalue weighted by molar-refractivity contribution is 5.45. The van der Waals surface area contributed by atoms with Gasteiger partial charge < -0.3 is 10.6 Å². The monoisotopic (exact) mass is 229 g/mol. The molecule has 0 spiro atoms. The third-order valence-electron chi connectivity index (χ3n) is 3.18. The van der Waals surface area contributed by atoms with Crippen LogP contribution in [0.25, 0.3) is 0 Å². The van der Waals surface area contributed by atoms with Crippen LogP contribution in [0, 0.1) is 11.3 Å². The Labute approximate surface area is 103 Å². The van der Waals surface area contributed by atoms with Crippen molar-refractivity contribution in [2.45, 2.75) is 31.7 Å². The first kappa shape index (κ1) is 11.9. The van der Waals surface area contributed by atoms with Crippen LogP contribution >= 0.6 is 0 Å². The van der Waals surface area contributed by atoms with Gasteiger partial charge in [0.1, 0.15) is 0 Å². The maximum atomic E-state index is 8.61. The summed E-state index contributed by atoms with van der Waals surface area (Å²) in [6.45, 7) is 2.24. The van der Waals surface area contributed by atoms with Crippen LogP contribution in [0.5, 0.6) is 0 Å². The third kappa shape index (κ3) is 3.76. The van der Waals surface area contributed by atoms with Gasteiger partial charge in [-0.3, -0.25) is 0 Å². The molecule has 1 aliphatic rings. The Bertz CT molecular complexity index is 369. The van der Waals surface area contributed by atoms with E-state index in [2.05, 4.69) is 28.8 Å². The number of benzene rings is 1. The highest BCUT2D eigenvalue weighted by atomic mass is 14.9. The molecule has 1 atom stereocenters. The first-order chi connectivity index (χ1) is 8.38. The molecule has 1 aliphatic heterocycles. The number of nitrogens with one attached hydrogen (secondary N) is 2. The van der Waals surface area contributed by atoms with E-state index in [0.29, 0.717) is 12.5 Å². The second-order valence-corrected chi connectivity index (χ2v) is 4.55. The molecular weight excluding hydrogens is 210 g/mol. The molecule has 1 saturated heterocycles. The van der Waals surface area contributed by atoms with Gasteiger partial charge in [-0.15, -0.1) is 0 Å². The van der Waals surface area contributed by atoms with Gasteiger partial charge in [0.25, 0.3) is 0 Å². The summed E-state index contributed by atoms with van der Waals surface area (Å²) in [7, 11) is 0. The normalized spacial score (nSPS) is 20.3. The second kappa shape index (κ2) is 6.27. The molecule has 17 heavy (non-hydrogen) atoms. The molecule has 90 valence electrons. The highest BCUT2D eigenvalue weighted by Gasteiger charge is 2.10.